The molecule has 0 bridgehead atoms. The normalized spacial score (nSPS) is 21.9. The number of hydrogen-bond acceptors (Lipinski definition) is 3. The van der Waals surface area contributed by atoms with Crippen LogP contribution in [0.2, 0.25) is 0 Å². The van der Waals surface area contributed by atoms with Gasteiger partial charge in [-0.25, -0.2) is 4.39 Å². The molecule has 4 nitrogen and oxygen atoms in total. The zero-order valence-electron chi connectivity index (χ0n) is 11.7. The Morgan fingerprint density at radius 2 is 2.15 bits per heavy atom. The monoisotopic (exact) mass is 280 g/mol. The maximum Gasteiger partial charge on any atom is 0.232 e. The summed E-state index contributed by atoms with van der Waals surface area (Å²) < 4.78 is 18.5. The van der Waals surface area contributed by atoms with E-state index in [1.807, 2.05) is 6.92 Å². The summed E-state index contributed by atoms with van der Waals surface area (Å²) in [6, 6.07) is 5.99. The first-order chi connectivity index (χ1) is 9.61. The van der Waals surface area contributed by atoms with Crippen LogP contribution in [0.15, 0.2) is 24.3 Å². The predicted octanol–water partition coefficient (Wildman–Crippen LogP) is 1.93. The molecule has 0 aromatic heterocycles. The minimum Gasteiger partial charge on any atom is -0.378 e. The van der Waals surface area contributed by atoms with E-state index in [1.165, 1.54) is 12.1 Å². The molecule has 1 aromatic rings. The lowest BCUT2D eigenvalue weighted by Crippen LogP contribution is -2.38. The van der Waals surface area contributed by atoms with Gasteiger partial charge in [-0.2, -0.15) is 0 Å². The van der Waals surface area contributed by atoms with E-state index in [0.717, 1.165) is 6.42 Å². The van der Waals surface area contributed by atoms with Gasteiger partial charge in [0.15, 0.2) is 0 Å². The van der Waals surface area contributed by atoms with Crippen molar-refractivity contribution >= 4 is 11.6 Å². The fraction of sp³-hybridized carbons (Fsp3) is 0.533. The standard InChI is InChI=1S/C15H21FN2O2/c1-11-9-12(10-20-11)15(19)18(8-2-7-17)14-5-3-13(16)4-6-14/h3-6,11-12H,2,7-10,17H2,1H3. The summed E-state index contributed by atoms with van der Waals surface area (Å²) >= 11 is 0. The van der Waals surface area contributed by atoms with Gasteiger partial charge in [-0.15, -0.1) is 0 Å². The minimum atomic E-state index is -0.308. The number of hydrogen-bond donors (Lipinski definition) is 1. The molecule has 110 valence electrons. The number of rotatable bonds is 5. The van der Waals surface area contributed by atoms with E-state index in [4.69, 9.17) is 10.5 Å². The fourth-order valence-corrected chi connectivity index (χ4v) is 2.45. The highest BCUT2D eigenvalue weighted by Gasteiger charge is 2.31. The van der Waals surface area contributed by atoms with Gasteiger partial charge in [-0.05, 0) is 50.6 Å². The molecule has 20 heavy (non-hydrogen) atoms. The second-order valence-electron chi connectivity index (χ2n) is 5.19. The molecular formula is C15H21FN2O2. The molecule has 0 aliphatic carbocycles. The van der Waals surface area contributed by atoms with Crippen LogP contribution in [0.4, 0.5) is 10.1 Å². The number of nitrogens with two attached hydrogens (primary N) is 1. The van der Waals surface area contributed by atoms with Gasteiger partial charge in [-0.3, -0.25) is 4.79 Å². The number of amides is 1. The van der Waals surface area contributed by atoms with Gasteiger partial charge in [-0.1, -0.05) is 0 Å². The third-order valence-corrected chi connectivity index (χ3v) is 3.54. The molecule has 0 saturated carbocycles. The van der Waals surface area contributed by atoms with Crippen molar-refractivity contribution in [2.45, 2.75) is 25.9 Å². The third kappa shape index (κ3) is 3.55. The summed E-state index contributed by atoms with van der Waals surface area (Å²) in [4.78, 5) is 14.3. The molecule has 1 aliphatic heterocycles. The summed E-state index contributed by atoms with van der Waals surface area (Å²) in [5.41, 5.74) is 6.24. The van der Waals surface area contributed by atoms with Crippen LogP contribution in [0.3, 0.4) is 0 Å². The summed E-state index contributed by atoms with van der Waals surface area (Å²) in [5, 5.41) is 0. The van der Waals surface area contributed by atoms with Crippen molar-refractivity contribution < 1.29 is 13.9 Å². The summed E-state index contributed by atoms with van der Waals surface area (Å²) in [6.45, 7) is 3.49. The summed E-state index contributed by atoms with van der Waals surface area (Å²) in [6.07, 6.45) is 1.57. The SMILES string of the molecule is CC1CC(C(=O)N(CCCN)c2ccc(F)cc2)CO1. The van der Waals surface area contributed by atoms with Crippen LogP contribution >= 0.6 is 0 Å². The van der Waals surface area contributed by atoms with Crippen LogP contribution in [0, 0.1) is 11.7 Å². The Kier molecular flexibility index (Phi) is 5.09. The molecule has 2 atom stereocenters. The molecular weight excluding hydrogens is 259 g/mol. The van der Waals surface area contributed by atoms with E-state index in [1.54, 1.807) is 17.0 Å². The van der Waals surface area contributed by atoms with Gasteiger partial charge in [0, 0.05) is 12.2 Å². The largest absolute Gasteiger partial charge is 0.378 e. The quantitative estimate of drug-likeness (QED) is 0.896. The predicted molar refractivity (Wildman–Crippen MR) is 75.9 cm³/mol. The van der Waals surface area contributed by atoms with Crippen molar-refractivity contribution in [3.63, 3.8) is 0 Å². The van der Waals surface area contributed by atoms with Crippen LogP contribution in [-0.2, 0) is 9.53 Å². The highest BCUT2D eigenvalue weighted by Crippen LogP contribution is 2.25. The zero-order chi connectivity index (χ0) is 14.5. The first kappa shape index (κ1) is 14.9. The second kappa shape index (κ2) is 6.81. The number of ether oxygens (including phenoxy) is 1. The summed E-state index contributed by atoms with van der Waals surface area (Å²) in [5.74, 6) is -0.389. The van der Waals surface area contributed by atoms with Crippen molar-refractivity contribution in [3.05, 3.63) is 30.1 Å². The molecule has 1 fully saturated rings. The van der Waals surface area contributed by atoms with Gasteiger partial charge in [0.05, 0.1) is 18.6 Å². The smallest absolute Gasteiger partial charge is 0.232 e. The lowest BCUT2D eigenvalue weighted by molar-refractivity contribution is -0.122. The molecule has 2 N–H and O–H groups in total. The number of halogens is 1. The first-order valence-corrected chi connectivity index (χ1v) is 7.00. The van der Waals surface area contributed by atoms with Gasteiger partial charge in [0.2, 0.25) is 5.91 Å². The molecule has 2 rings (SSSR count). The lowest BCUT2D eigenvalue weighted by atomic mass is 10.0. The average molecular weight is 280 g/mol. The zero-order valence-corrected chi connectivity index (χ0v) is 11.7. The number of anilines is 1. The van der Waals surface area contributed by atoms with Crippen molar-refractivity contribution in [1.29, 1.82) is 0 Å². The Balaban J connectivity index is 2.14. The molecule has 1 amide bonds. The van der Waals surface area contributed by atoms with Gasteiger partial charge < -0.3 is 15.4 Å². The molecule has 0 radical (unpaired) electrons. The van der Waals surface area contributed by atoms with E-state index < -0.39 is 0 Å². The molecule has 1 saturated heterocycles. The molecule has 2 unspecified atom stereocenters. The van der Waals surface area contributed by atoms with Gasteiger partial charge in [0.25, 0.3) is 0 Å². The fourth-order valence-electron chi connectivity index (χ4n) is 2.45. The van der Waals surface area contributed by atoms with Gasteiger partial charge >= 0.3 is 0 Å². The second-order valence-corrected chi connectivity index (χ2v) is 5.19. The van der Waals surface area contributed by atoms with Crippen LogP contribution in [0.1, 0.15) is 19.8 Å². The number of carbonyl (C=O) groups excluding carboxylic acids is 1. The van der Waals surface area contributed by atoms with E-state index in [-0.39, 0.29) is 23.7 Å². The van der Waals surface area contributed by atoms with E-state index in [0.29, 0.717) is 31.8 Å². The number of benzene rings is 1. The first-order valence-electron chi connectivity index (χ1n) is 7.00. The van der Waals surface area contributed by atoms with E-state index in [2.05, 4.69) is 0 Å². The summed E-state index contributed by atoms with van der Waals surface area (Å²) in [7, 11) is 0. The lowest BCUT2D eigenvalue weighted by Gasteiger charge is -2.25. The maximum atomic E-state index is 13.0. The Bertz CT molecular complexity index is 450. The van der Waals surface area contributed by atoms with Crippen molar-refractivity contribution in [1.82, 2.24) is 0 Å². The highest BCUT2D eigenvalue weighted by molar-refractivity contribution is 5.95. The number of nitrogens with zero attached hydrogens (tertiary/aromatic N) is 1. The van der Waals surface area contributed by atoms with E-state index >= 15 is 0 Å². The topological polar surface area (TPSA) is 55.6 Å². The Hall–Kier alpha value is -1.46. The van der Waals surface area contributed by atoms with Crippen molar-refractivity contribution in [2.24, 2.45) is 11.7 Å². The number of carbonyl (C=O) groups is 1. The van der Waals surface area contributed by atoms with E-state index in [9.17, 15) is 9.18 Å². The Morgan fingerprint density at radius 1 is 1.45 bits per heavy atom. The Labute approximate surface area is 118 Å². The molecule has 5 heteroatoms. The minimum absolute atomic E-state index is 0.0365. The third-order valence-electron chi connectivity index (χ3n) is 3.54. The maximum absolute atomic E-state index is 13.0. The Morgan fingerprint density at radius 3 is 2.70 bits per heavy atom. The van der Waals surface area contributed by atoms with Crippen LogP contribution < -0.4 is 10.6 Å². The van der Waals surface area contributed by atoms with Crippen LogP contribution in [0.5, 0.6) is 0 Å². The van der Waals surface area contributed by atoms with Gasteiger partial charge in [0.1, 0.15) is 5.82 Å². The molecule has 1 aromatic carbocycles. The van der Waals surface area contributed by atoms with Crippen molar-refractivity contribution in [2.75, 3.05) is 24.6 Å². The van der Waals surface area contributed by atoms with Crippen LogP contribution in [-0.4, -0.2) is 31.7 Å². The molecule has 1 heterocycles. The molecule has 0 spiro atoms. The average Bonchev–Trinajstić information content (AvgIpc) is 2.87. The molecule has 1 aliphatic rings. The highest BCUT2D eigenvalue weighted by atomic mass is 19.1. The van der Waals surface area contributed by atoms with Crippen LogP contribution in [0.25, 0.3) is 0 Å². The van der Waals surface area contributed by atoms with Crippen molar-refractivity contribution in [3.8, 4) is 0 Å².